The van der Waals surface area contributed by atoms with Crippen LogP contribution in [0.25, 0.3) is 77.2 Å². The van der Waals surface area contributed by atoms with E-state index in [4.69, 9.17) is 0 Å². The molecule has 2 nitrogen and oxygen atoms in total. The van der Waals surface area contributed by atoms with E-state index in [9.17, 15) is 0 Å². The number of para-hydroxylation sites is 2. The summed E-state index contributed by atoms with van der Waals surface area (Å²) in [5.41, 5.74) is 18.7. The van der Waals surface area contributed by atoms with Crippen LogP contribution in [-0.2, 0) is 10.8 Å². The topological polar surface area (TPSA) is 9.86 Å². The van der Waals surface area contributed by atoms with E-state index >= 15 is 0 Å². The Hall–Kier alpha value is -8.20. The highest BCUT2D eigenvalue weighted by Crippen LogP contribution is 2.60. The zero-order valence-electron chi connectivity index (χ0n) is 37.0. The first-order chi connectivity index (χ1) is 32.5. The zero-order chi connectivity index (χ0) is 44.0. The lowest BCUT2D eigenvalue weighted by molar-refractivity contribution is 0.574. The average Bonchev–Trinajstić information content (AvgIpc) is 3.92. The fourth-order valence-corrected chi connectivity index (χ4v) is 11.8. The van der Waals surface area contributed by atoms with Gasteiger partial charge in [-0.15, -0.1) is 0 Å². The second-order valence-electron chi connectivity index (χ2n) is 18.3. The summed E-state index contributed by atoms with van der Waals surface area (Å²) >= 11 is 0. The molecule has 0 spiro atoms. The summed E-state index contributed by atoms with van der Waals surface area (Å²) < 4.78 is 5.11. The summed E-state index contributed by atoms with van der Waals surface area (Å²) in [4.78, 5) is 0. The van der Waals surface area contributed by atoms with Crippen LogP contribution in [0.15, 0.2) is 243 Å². The van der Waals surface area contributed by atoms with Gasteiger partial charge in [-0.2, -0.15) is 0 Å². The molecule has 0 bridgehead atoms. The van der Waals surface area contributed by atoms with Crippen molar-refractivity contribution in [2.24, 2.45) is 0 Å². The molecule has 1 aliphatic carbocycles. The summed E-state index contributed by atoms with van der Waals surface area (Å²) in [6.07, 6.45) is 0. The van der Waals surface area contributed by atoms with Crippen LogP contribution in [-0.4, -0.2) is 9.13 Å². The first-order valence-electron chi connectivity index (χ1n) is 23.1. The molecule has 2 heteroatoms. The average molecular weight is 843 g/mol. The number of fused-ring (bicyclic) bond motifs is 10. The van der Waals surface area contributed by atoms with Crippen molar-refractivity contribution in [1.29, 1.82) is 0 Å². The summed E-state index contributed by atoms with van der Waals surface area (Å²) in [6.45, 7) is 5.00. The Morgan fingerprint density at radius 1 is 0.273 bits per heavy atom. The molecule has 0 fully saturated rings. The van der Waals surface area contributed by atoms with Gasteiger partial charge in [0.05, 0.1) is 22.1 Å². The fraction of sp³-hybridized carbons (Fsp3) is 0.0625. The molecule has 0 saturated heterocycles. The van der Waals surface area contributed by atoms with Crippen LogP contribution >= 0.6 is 0 Å². The number of aromatic nitrogens is 2. The van der Waals surface area contributed by atoms with E-state index in [2.05, 4.69) is 266 Å². The van der Waals surface area contributed by atoms with Gasteiger partial charge in [0.25, 0.3) is 0 Å². The van der Waals surface area contributed by atoms with E-state index in [-0.39, 0.29) is 0 Å². The van der Waals surface area contributed by atoms with E-state index in [1.165, 1.54) is 99.2 Å². The van der Waals surface area contributed by atoms with Crippen LogP contribution in [0.5, 0.6) is 0 Å². The molecule has 2 aromatic heterocycles. The van der Waals surface area contributed by atoms with Gasteiger partial charge in [-0.25, -0.2) is 0 Å². The Balaban J connectivity index is 1.18. The molecule has 13 rings (SSSR count). The van der Waals surface area contributed by atoms with Crippen molar-refractivity contribution in [3.63, 3.8) is 0 Å². The maximum atomic E-state index is 2.56. The van der Waals surface area contributed by atoms with Crippen molar-refractivity contribution in [3.05, 3.63) is 276 Å². The molecule has 1 aliphatic rings. The van der Waals surface area contributed by atoms with E-state index in [0.717, 1.165) is 11.4 Å². The number of rotatable bonds is 6. The summed E-state index contributed by atoms with van der Waals surface area (Å²) in [6, 6.07) is 90.0. The lowest BCUT2D eigenvalue weighted by Gasteiger charge is -2.48. The van der Waals surface area contributed by atoms with Gasteiger partial charge in [-0.05, 0) is 106 Å². The maximum absolute atomic E-state index is 2.56. The fourth-order valence-electron chi connectivity index (χ4n) is 11.8. The predicted molar refractivity (Wildman–Crippen MR) is 276 cm³/mol. The third kappa shape index (κ3) is 5.42. The molecule has 0 N–H and O–H groups in total. The zero-order valence-corrected chi connectivity index (χ0v) is 37.0. The van der Waals surface area contributed by atoms with Crippen LogP contribution < -0.4 is 0 Å². The first kappa shape index (κ1) is 38.3. The molecule has 2 heterocycles. The first-order valence-corrected chi connectivity index (χ1v) is 23.1. The number of hydrogen-bond donors (Lipinski definition) is 0. The third-order valence-electron chi connectivity index (χ3n) is 14.9. The maximum Gasteiger partial charge on any atom is 0.0588 e. The number of nitrogens with zero attached hydrogens (tertiary/aromatic N) is 2. The minimum Gasteiger partial charge on any atom is -0.309 e. The van der Waals surface area contributed by atoms with Crippen LogP contribution in [0.4, 0.5) is 0 Å². The molecule has 12 aromatic rings. The van der Waals surface area contributed by atoms with Crippen molar-refractivity contribution >= 4 is 43.6 Å². The van der Waals surface area contributed by atoms with Gasteiger partial charge in [0.1, 0.15) is 0 Å². The molecule has 0 radical (unpaired) electrons. The normalized spacial score (nSPS) is 16.8. The van der Waals surface area contributed by atoms with Crippen molar-refractivity contribution in [2.75, 3.05) is 0 Å². The van der Waals surface area contributed by atoms with Gasteiger partial charge in [0.2, 0.25) is 0 Å². The Morgan fingerprint density at radius 3 is 0.970 bits per heavy atom. The Bertz CT molecular complexity index is 3540. The van der Waals surface area contributed by atoms with Crippen molar-refractivity contribution in [2.45, 2.75) is 24.7 Å². The van der Waals surface area contributed by atoms with Crippen molar-refractivity contribution in [1.82, 2.24) is 9.13 Å². The Morgan fingerprint density at radius 2 is 0.591 bits per heavy atom. The number of benzene rings is 10. The summed E-state index contributed by atoms with van der Waals surface area (Å²) in [7, 11) is 0. The standard InChI is InChI=1S/C64H46N2/c1-63(47-23-11-5-12-24-47)55-41-39-54-52-28-16-18-30-58(52)66(50-37-33-46(34-38-50)44-21-9-4-10-22-44)62(54)60(55)64(2,48-25-13-6-14-26-48)56-42-40-53-51-27-15-17-29-57(51)65(61(53)59(56)63)49-35-31-45(32-36-49)43-19-7-3-8-20-43/h3-42H,1-2H3. The van der Waals surface area contributed by atoms with E-state index in [1.807, 2.05) is 0 Å². The van der Waals surface area contributed by atoms with Gasteiger partial charge in [-0.1, -0.05) is 206 Å². The second-order valence-corrected chi connectivity index (χ2v) is 18.3. The molecular formula is C64H46N2. The SMILES string of the molecule is CC1(c2ccccc2)c2ccc3c4ccccc4n(-c4ccc(-c5ccccc5)cc4)c3c2C(C)(c2ccccc2)c2ccc3c4ccccc4n(-c4ccc(-c5ccccc5)cc4)c3c21. The van der Waals surface area contributed by atoms with Crippen LogP contribution in [0.3, 0.4) is 0 Å². The molecule has 312 valence electrons. The highest BCUT2D eigenvalue weighted by atomic mass is 15.0. The van der Waals surface area contributed by atoms with Gasteiger partial charge in [0.15, 0.2) is 0 Å². The highest BCUT2D eigenvalue weighted by molar-refractivity contribution is 6.14. The van der Waals surface area contributed by atoms with Crippen LogP contribution in [0.1, 0.15) is 47.2 Å². The molecule has 0 saturated carbocycles. The minimum absolute atomic E-state index is 0.581. The van der Waals surface area contributed by atoms with Crippen molar-refractivity contribution < 1.29 is 0 Å². The number of hydrogen-bond acceptors (Lipinski definition) is 0. The van der Waals surface area contributed by atoms with E-state index in [1.54, 1.807) is 0 Å². The Labute approximate surface area is 385 Å². The quantitative estimate of drug-likeness (QED) is 0.158. The van der Waals surface area contributed by atoms with Gasteiger partial charge in [-0.3, -0.25) is 0 Å². The smallest absolute Gasteiger partial charge is 0.0588 e. The summed E-state index contributed by atoms with van der Waals surface area (Å²) in [5.74, 6) is 0. The highest BCUT2D eigenvalue weighted by Gasteiger charge is 2.51. The lowest BCUT2D eigenvalue weighted by atomic mass is 9.54. The molecule has 2 atom stereocenters. The largest absolute Gasteiger partial charge is 0.309 e. The minimum atomic E-state index is -0.581. The molecule has 0 amide bonds. The van der Waals surface area contributed by atoms with Crippen LogP contribution in [0.2, 0.25) is 0 Å². The van der Waals surface area contributed by atoms with Crippen LogP contribution in [0, 0.1) is 0 Å². The molecule has 0 aliphatic heterocycles. The molecule has 10 aromatic carbocycles. The van der Waals surface area contributed by atoms with Crippen molar-refractivity contribution in [3.8, 4) is 33.6 Å². The lowest BCUT2D eigenvalue weighted by Crippen LogP contribution is -2.42. The third-order valence-corrected chi connectivity index (χ3v) is 14.9. The van der Waals surface area contributed by atoms with Gasteiger partial charge >= 0.3 is 0 Å². The molecular weight excluding hydrogens is 797 g/mol. The monoisotopic (exact) mass is 842 g/mol. The second kappa shape index (κ2) is 14.7. The molecule has 2 unspecified atom stereocenters. The summed E-state index contributed by atoms with van der Waals surface area (Å²) in [5, 5.41) is 5.01. The predicted octanol–water partition coefficient (Wildman–Crippen LogP) is 16.2. The van der Waals surface area contributed by atoms with E-state index < -0.39 is 10.8 Å². The van der Waals surface area contributed by atoms with Gasteiger partial charge < -0.3 is 9.13 Å². The van der Waals surface area contributed by atoms with Gasteiger partial charge in [0, 0.05) is 43.7 Å². The van der Waals surface area contributed by atoms with E-state index in [0.29, 0.717) is 0 Å². The Kier molecular flexibility index (Phi) is 8.51. The molecule has 66 heavy (non-hydrogen) atoms.